The SMILES string of the molecule is CC(C(=O)Cl)C1CCCCCC1. The van der Waals surface area contributed by atoms with Gasteiger partial charge in [-0.3, -0.25) is 4.79 Å². The number of halogens is 1. The first-order chi connectivity index (χ1) is 5.72. The molecule has 0 radical (unpaired) electrons. The van der Waals surface area contributed by atoms with Crippen LogP contribution in [0.1, 0.15) is 45.4 Å². The summed E-state index contributed by atoms with van der Waals surface area (Å²) in [7, 11) is 0. The highest BCUT2D eigenvalue weighted by Gasteiger charge is 2.22. The second-order valence-corrected chi connectivity index (χ2v) is 4.22. The number of rotatable bonds is 2. The standard InChI is InChI=1S/C10H17ClO/c1-8(10(11)12)9-6-4-2-3-5-7-9/h8-9H,2-7H2,1H3. The maximum atomic E-state index is 10.9. The average molecular weight is 189 g/mol. The molecule has 0 aliphatic heterocycles. The Morgan fingerprint density at radius 1 is 1.25 bits per heavy atom. The van der Waals surface area contributed by atoms with Crippen LogP contribution in [-0.2, 0) is 4.79 Å². The second-order valence-electron chi connectivity index (χ2n) is 3.84. The van der Waals surface area contributed by atoms with Gasteiger partial charge in [-0.05, 0) is 30.4 Å². The smallest absolute Gasteiger partial charge is 0.224 e. The molecule has 0 aromatic heterocycles. The summed E-state index contributed by atoms with van der Waals surface area (Å²) in [6, 6.07) is 0. The van der Waals surface area contributed by atoms with Crippen LogP contribution < -0.4 is 0 Å². The van der Waals surface area contributed by atoms with Crippen molar-refractivity contribution < 1.29 is 4.79 Å². The fourth-order valence-corrected chi connectivity index (χ4v) is 2.17. The summed E-state index contributed by atoms with van der Waals surface area (Å²) >= 11 is 5.48. The van der Waals surface area contributed by atoms with Gasteiger partial charge in [-0.25, -0.2) is 0 Å². The molecule has 70 valence electrons. The summed E-state index contributed by atoms with van der Waals surface area (Å²) in [5, 5.41) is -0.151. The molecule has 1 aliphatic rings. The van der Waals surface area contributed by atoms with Crippen LogP contribution in [0.2, 0.25) is 0 Å². The van der Waals surface area contributed by atoms with Crippen molar-refractivity contribution in [3.8, 4) is 0 Å². The summed E-state index contributed by atoms with van der Waals surface area (Å²) in [6.45, 7) is 1.96. The zero-order valence-electron chi connectivity index (χ0n) is 7.68. The van der Waals surface area contributed by atoms with Crippen LogP contribution in [0.25, 0.3) is 0 Å². The van der Waals surface area contributed by atoms with Crippen molar-refractivity contribution in [1.82, 2.24) is 0 Å². The molecule has 0 aromatic carbocycles. The summed E-state index contributed by atoms with van der Waals surface area (Å²) in [6.07, 6.45) is 7.61. The molecule has 0 heterocycles. The van der Waals surface area contributed by atoms with Crippen molar-refractivity contribution in [3.05, 3.63) is 0 Å². The van der Waals surface area contributed by atoms with Gasteiger partial charge in [0.15, 0.2) is 0 Å². The zero-order valence-corrected chi connectivity index (χ0v) is 8.44. The topological polar surface area (TPSA) is 17.1 Å². The van der Waals surface area contributed by atoms with Gasteiger partial charge in [-0.2, -0.15) is 0 Å². The maximum Gasteiger partial charge on any atom is 0.224 e. The quantitative estimate of drug-likeness (QED) is 0.480. The third kappa shape index (κ3) is 2.78. The lowest BCUT2D eigenvalue weighted by Crippen LogP contribution is -2.16. The van der Waals surface area contributed by atoms with Gasteiger partial charge in [-0.1, -0.05) is 32.6 Å². The zero-order chi connectivity index (χ0) is 8.97. The average Bonchev–Trinajstić information content (AvgIpc) is 2.30. The highest BCUT2D eigenvalue weighted by atomic mass is 35.5. The Morgan fingerprint density at radius 2 is 1.75 bits per heavy atom. The van der Waals surface area contributed by atoms with E-state index in [1.54, 1.807) is 0 Å². The fourth-order valence-electron chi connectivity index (χ4n) is 2.00. The van der Waals surface area contributed by atoms with Gasteiger partial charge in [-0.15, -0.1) is 0 Å². The van der Waals surface area contributed by atoms with Crippen molar-refractivity contribution in [1.29, 1.82) is 0 Å². The molecule has 1 saturated carbocycles. The van der Waals surface area contributed by atoms with Crippen LogP contribution in [0, 0.1) is 11.8 Å². The van der Waals surface area contributed by atoms with Crippen LogP contribution in [0.3, 0.4) is 0 Å². The minimum Gasteiger partial charge on any atom is -0.281 e. The molecular formula is C10H17ClO. The summed E-state index contributed by atoms with van der Waals surface area (Å²) in [5.74, 6) is 0.627. The van der Waals surface area contributed by atoms with E-state index >= 15 is 0 Å². The van der Waals surface area contributed by atoms with Crippen molar-refractivity contribution in [2.45, 2.75) is 45.4 Å². The molecule has 0 saturated heterocycles. The summed E-state index contributed by atoms with van der Waals surface area (Å²) in [4.78, 5) is 10.9. The Labute approximate surface area is 79.5 Å². The predicted molar refractivity (Wildman–Crippen MR) is 51.2 cm³/mol. The molecular weight excluding hydrogens is 172 g/mol. The highest BCUT2D eigenvalue weighted by Crippen LogP contribution is 2.29. The van der Waals surface area contributed by atoms with Crippen LogP contribution in [0.15, 0.2) is 0 Å². The second kappa shape index (κ2) is 4.86. The molecule has 1 aliphatic carbocycles. The monoisotopic (exact) mass is 188 g/mol. The van der Waals surface area contributed by atoms with Crippen LogP contribution >= 0.6 is 11.6 Å². The largest absolute Gasteiger partial charge is 0.281 e. The van der Waals surface area contributed by atoms with E-state index in [0.717, 1.165) is 0 Å². The van der Waals surface area contributed by atoms with Gasteiger partial charge < -0.3 is 0 Å². The van der Waals surface area contributed by atoms with E-state index in [9.17, 15) is 4.79 Å². The summed E-state index contributed by atoms with van der Waals surface area (Å²) < 4.78 is 0. The van der Waals surface area contributed by atoms with E-state index in [1.807, 2.05) is 6.92 Å². The van der Waals surface area contributed by atoms with Crippen molar-refractivity contribution in [2.75, 3.05) is 0 Å². The minimum atomic E-state index is -0.151. The molecule has 0 amide bonds. The molecule has 1 rings (SSSR count). The third-order valence-electron chi connectivity index (χ3n) is 2.96. The number of hydrogen-bond donors (Lipinski definition) is 0. The molecule has 1 fully saturated rings. The number of hydrogen-bond acceptors (Lipinski definition) is 1. The lowest BCUT2D eigenvalue weighted by Gasteiger charge is -2.18. The maximum absolute atomic E-state index is 10.9. The lowest BCUT2D eigenvalue weighted by atomic mass is 9.88. The Kier molecular flexibility index (Phi) is 4.07. The first-order valence-electron chi connectivity index (χ1n) is 4.91. The first kappa shape index (κ1) is 10.0. The van der Waals surface area contributed by atoms with Crippen molar-refractivity contribution >= 4 is 16.8 Å². The molecule has 0 bridgehead atoms. The fraction of sp³-hybridized carbons (Fsp3) is 0.900. The van der Waals surface area contributed by atoms with E-state index in [0.29, 0.717) is 5.92 Å². The minimum absolute atomic E-state index is 0.0739. The van der Waals surface area contributed by atoms with Gasteiger partial charge in [0.25, 0.3) is 0 Å². The molecule has 0 aromatic rings. The molecule has 1 unspecified atom stereocenters. The normalized spacial score (nSPS) is 23.2. The van der Waals surface area contributed by atoms with E-state index in [4.69, 9.17) is 11.6 Å². The Bertz CT molecular complexity index is 148. The molecule has 0 spiro atoms. The summed E-state index contributed by atoms with van der Waals surface area (Å²) in [5.41, 5.74) is 0. The Hall–Kier alpha value is -0.0400. The number of carbonyl (C=O) groups excluding carboxylic acids is 1. The van der Waals surface area contributed by atoms with E-state index < -0.39 is 0 Å². The highest BCUT2D eigenvalue weighted by molar-refractivity contribution is 6.63. The van der Waals surface area contributed by atoms with Crippen LogP contribution in [0.4, 0.5) is 0 Å². The van der Waals surface area contributed by atoms with E-state index in [1.165, 1.54) is 38.5 Å². The molecule has 1 atom stereocenters. The van der Waals surface area contributed by atoms with Gasteiger partial charge in [0.05, 0.1) is 0 Å². The van der Waals surface area contributed by atoms with Gasteiger partial charge in [0.2, 0.25) is 5.24 Å². The van der Waals surface area contributed by atoms with Gasteiger partial charge >= 0.3 is 0 Å². The van der Waals surface area contributed by atoms with Gasteiger partial charge in [0.1, 0.15) is 0 Å². The van der Waals surface area contributed by atoms with E-state index in [2.05, 4.69) is 0 Å². The van der Waals surface area contributed by atoms with Gasteiger partial charge in [0, 0.05) is 5.92 Å². The molecule has 12 heavy (non-hydrogen) atoms. The van der Waals surface area contributed by atoms with E-state index in [-0.39, 0.29) is 11.2 Å². The first-order valence-corrected chi connectivity index (χ1v) is 5.29. The molecule has 1 nitrogen and oxygen atoms in total. The Morgan fingerprint density at radius 3 is 2.17 bits per heavy atom. The third-order valence-corrected chi connectivity index (χ3v) is 3.31. The molecule has 2 heteroatoms. The van der Waals surface area contributed by atoms with Crippen molar-refractivity contribution in [3.63, 3.8) is 0 Å². The van der Waals surface area contributed by atoms with Crippen LogP contribution in [-0.4, -0.2) is 5.24 Å². The number of carbonyl (C=O) groups is 1. The van der Waals surface area contributed by atoms with Crippen molar-refractivity contribution in [2.24, 2.45) is 11.8 Å². The lowest BCUT2D eigenvalue weighted by molar-refractivity contribution is -0.116. The molecule has 0 N–H and O–H groups in total. The van der Waals surface area contributed by atoms with Crippen LogP contribution in [0.5, 0.6) is 0 Å². The predicted octanol–water partition coefficient (Wildman–Crippen LogP) is 3.36. The Balaban J connectivity index is 2.42.